The first-order valence-electron chi connectivity index (χ1n) is 6.59. The van der Waals surface area contributed by atoms with Crippen molar-refractivity contribution in [3.05, 3.63) is 71.8 Å². The first-order valence-corrected chi connectivity index (χ1v) is 6.59. The third kappa shape index (κ3) is 2.46. The van der Waals surface area contributed by atoms with Crippen LogP contribution in [0.2, 0.25) is 0 Å². The quantitative estimate of drug-likeness (QED) is 0.741. The molecule has 0 aliphatic carbocycles. The molecule has 0 amide bonds. The van der Waals surface area contributed by atoms with Crippen LogP contribution in [0, 0.1) is 0 Å². The molecule has 104 valence electrons. The van der Waals surface area contributed by atoms with E-state index in [4.69, 9.17) is 4.74 Å². The van der Waals surface area contributed by atoms with Crippen LogP contribution in [0.15, 0.2) is 60.7 Å². The number of rotatable bonds is 3. The third-order valence-corrected chi connectivity index (χ3v) is 3.45. The zero-order valence-electron chi connectivity index (χ0n) is 11.5. The Morgan fingerprint density at radius 1 is 0.905 bits per heavy atom. The standard InChI is InChI=1S/C18H14O3/c1-21-17-9-8-15(11-16(17)19)18(20)14-7-6-12-4-2-3-5-13(12)10-14/h2-11,19H,1H3. The third-order valence-electron chi connectivity index (χ3n) is 3.45. The van der Waals surface area contributed by atoms with E-state index in [2.05, 4.69) is 0 Å². The SMILES string of the molecule is COc1ccc(C(=O)c2ccc3ccccc3c2)cc1O. The smallest absolute Gasteiger partial charge is 0.193 e. The Kier molecular flexibility index (Phi) is 3.32. The molecular formula is C18H14O3. The van der Waals surface area contributed by atoms with Gasteiger partial charge >= 0.3 is 0 Å². The van der Waals surface area contributed by atoms with Crippen molar-refractivity contribution in [1.29, 1.82) is 0 Å². The molecule has 3 heteroatoms. The normalized spacial score (nSPS) is 10.5. The highest BCUT2D eigenvalue weighted by Crippen LogP contribution is 2.27. The zero-order valence-corrected chi connectivity index (χ0v) is 11.5. The maximum atomic E-state index is 12.5. The molecule has 0 aromatic heterocycles. The van der Waals surface area contributed by atoms with Gasteiger partial charge in [0.25, 0.3) is 0 Å². The second-order valence-electron chi connectivity index (χ2n) is 4.78. The lowest BCUT2D eigenvalue weighted by Crippen LogP contribution is -2.01. The molecule has 3 nitrogen and oxygen atoms in total. The summed E-state index contributed by atoms with van der Waals surface area (Å²) in [7, 11) is 1.47. The summed E-state index contributed by atoms with van der Waals surface area (Å²) in [6, 6.07) is 18.1. The number of hydrogen-bond donors (Lipinski definition) is 1. The summed E-state index contributed by atoms with van der Waals surface area (Å²) in [6.07, 6.45) is 0. The van der Waals surface area contributed by atoms with Gasteiger partial charge in [-0.2, -0.15) is 0 Å². The van der Waals surface area contributed by atoms with E-state index in [0.29, 0.717) is 16.9 Å². The van der Waals surface area contributed by atoms with E-state index in [9.17, 15) is 9.90 Å². The summed E-state index contributed by atoms with van der Waals surface area (Å²) >= 11 is 0. The van der Waals surface area contributed by atoms with Crippen molar-refractivity contribution in [2.45, 2.75) is 0 Å². The van der Waals surface area contributed by atoms with Crippen molar-refractivity contribution in [2.24, 2.45) is 0 Å². The van der Waals surface area contributed by atoms with Gasteiger partial charge in [-0.1, -0.05) is 36.4 Å². The van der Waals surface area contributed by atoms with Gasteiger partial charge in [0, 0.05) is 11.1 Å². The second-order valence-corrected chi connectivity index (χ2v) is 4.78. The maximum Gasteiger partial charge on any atom is 0.193 e. The lowest BCUT2D eigenvalue weighted by atomic mass is 10.00. The van der Waals surface area contributed by atoms with E-state index in [1.54, 1.807) is 18.2 Å². The van der Waals surface area contributed by atoms with Crippen molar-refractivity contribution in [3.63, 3.8) is 0 Å². The Hall–Kier alpha value is -2.81. The van der Waals surface area contributed by atoms with E-state index in [-0.39, 0.29) is 11.5 Å². The zero-order chi connectivity index (χ0) is 14.8. The van der Waals surface area contributed by atoms with Crippen LogP contribution in [0.5, 0.6) is 11.5 Å². The molecule has 0 aliphatic rings. The molecule has 3 aromatic carbocycles. The summed E-state index contributed by atoms with van der Waals surface area (Å²) in [5.41, 5.74) is 1.03. The summed E-state index contributed by atoms with van der Waals surface area (Å²) in [5.74, 6) is 0.188. The van der Waals surface area contributed by atoms with Gasteiger partial charge in [-0.25, -0.2) is 0 Å². The fraction of sp³-hybridized carbons (Fsp3) is 0.0556. The molecule has 0 saturated heterocycles. The minimum absolute atomic E-state index is 0.0378. The highest BCUT2D eigenvalue weighted by Gasteiger charge is 2.12. The van der Waals surface area contributed by atoms with Crippen molar-refractivity contribution in [1.82, 2.24) is 0 Å². The van der Waals surface area contributed by atoms with Gasteiger partial charge in [0.05, 0.1) is 7.11 Å². The number of benzene rings is 3. The highest BCUT2D eigenvalue weighted by molar-refractivity contribution is 6.10. The van der Waals surface area contributed by atoms with Gasteiger partial charge in [-0.15, -0.1) is 0 Å². The molecule has 0 spiro atoms. The molecule has 0 unspecified atom stereocenters. The minimum atomic E-state index is -0.126. The van der Waals surface area contributed by atoms with Crippen LogP contribution in [0.3, 0.4) is 0 Å². The lowest BCUT2D eigenvalue weighted by Gasteiger charge is -2.06. The Morgan fingerprint density at radius 3 is 2.29 bits per heavy atom. The van der Waals surface area contributed by atoms with Gasteiger partial charge < -0.3 is 9.84 Å². The van der Waals surface area contributed by atoms with Crippen molar-refractivity contribution >= 4 is 16.6 Å². The number of phenolic OH excluding ortho intramolecular Hbond substituents is 1. The molecule has 3 aromatic rings. The topological polar surface area (TPSA) is 46.5 Å². The number of aromatic hydroxyl groups is 1. The number of carbonyl (C=O) groups is 1. The number of phenols is 1. The summed E-state index contributed by atoms with van der Waals surface area (Å²) in [6.45, 7) is 0. The van der Waals surface area contributed by atoms with E-state index in [1.807, 2.05) is 36.4 Å². The number of ether oxygens (including phenoxy) is 1. The van der Waals surface area contributed by atoms with Crippen LogP contribution in [0.4, 0.5) is 0 Å². The molecule has 0 heterocycles. The second kappa shape index (κ2) is 5.29. The minimum Gasteiger partial charge on any atom is -0.504 e. The average molecular weight is 278 g/mol. The Labute approximate surface area is 122 Å². The molecule has 0 fully saturated rings. The number of hydrogen-bond acceptors (Lipinski definition) is 3. The largest absolute Gasteiger partial charge is 0.504 e. The van der Waals surface area contributed by atoms with Gasteiger partial charge in [-0.05, 0) is 35.0 Å². The van der Waals surface area contributed by atoms with Crippen LogP contribution in [0.1, 0.15) is 15.9 Å². The monoisotopic (exact) mass is 278 g/mol. The number of methoxy groups -OCH3 is 1. The van der Waals surface area contributed by atoms with Crippen molar-refractivity contribution in [2.75, 3.05) is 7.11 Å². The number of carbonyl (C=O) groups excluding carboxylic acids is 1. The Bertz CT molecular complexity index is 822. The molecule has 0 atom stereocenters. The number of ketones is 1. The lowest BCUT2D eigenvalue weighted by molar-refractivity contribution is 0.103. The molecule has 1 N–H and O–H groups in total. The van der Waals surface area contributed by atoms with Crippen LogP contribution in [-0.2, 0) is 0 Å². The molecule has 0 radical (unpaired) electrons. The molecule has 0 saturated carbocycles. The predicted molar refractivity (Wildman–Crippen MR) is 82.0 cm³/mol. The fourth-order valence-electron chi connectivity index (χ4n) is 2.33. The van der Waals surface area contributed by atoms with Gasteiger partial charge in [-0.3, -0.25) is 4.79 Å². The first-order chi connectivity index (χ1) is 10.2. The van der Waals surface area contributed by atoms with Crippen molar-refractivity contribution in [3.8, 4) is 11.5 Å². The Balaban J connectivity index is 2.01. The molecule has 21 heavy (non-hydrogen) atoms. The Morgan fingerprint density at radius 2 is 1.57 bits per heavy atom. The van der Waals surface area contributed by atoms with E-state index >= 15 is 0 Å². The summed E-state index contributed by atoms with van der Waals surface area (Å²) in [5, 5.41) is 11.9. The molecule has 0 bridgehead atoms. The van der Waals surface area contributed by atoms with Crippen LogP contribution in [0.25, 0.3) is 10.8 Å². The molecule has 0 aliphatic heterocycles. The van der Waals surface area contributed by atoms with E-state index in [0.717, 1.165) is 10.8 Å². The molecular weight excluding hydrogens is 264 g/mol. The van der Waals surface area contributed by atoms with Crippen molar-refractivity contribution < 1.29 is 14.6 Å². The molecule has 3 rings (SSSR count). The van der Waals surface area contributed by atoms with E-state index in [1.165, 1.54) is 13.2 Å². The summed E-state index contributed by atoms with van der Waals surface area (Å²) in [4.78, 5) is 12.5. The van der Waals surface area contributed by atoms with Gasteiger partial charge in [0.15, 0.2) is 17.3 Å². The van der Waals surface area contributed by atoms with Crippen LogP contribution >= 0.6 is 0 Å². The average Bonchev–Trinajstić information content (AvgIpc) is 2.53. The van der Waals surface area contributed by atoms with Gasteiger partial charge in [0.2, 0.25) is 0 Å². The fourth-order valence-corrected chi connectivity index (χ4v) is 2.33. The highest BCUT2D eigenvalue weighted by atomic mass is 16.5. The summed E-state index contributed by atoms with van der Waals surface area (Å²) < 4.78 is 4.98. The maximum absolute atomic E-state index is 12.5. The van der Waals surface area contributed by atoms with Crippen LogP contribution < -0.4 is 4.74 Å². The van der Waals surface area contributed by atoms with Gasteiger partial charge in [0.1, 0.15) is 0 Å². The number of fused-ring (bicyclic) bond motifs is 1. The predicted octanol–water partition coefficient (Wildman–Crippen LogP) is 3.79. The van der Waals surface area contributed by atoms with Crippen LogP contribution in [-0.4, -0.2) is 18.0 Å². The van der Waals surface area contributed by atoms with E-state index < -0.39 is 0 Å². The first kappa shape index (κ1) is 13.2.